The van der Waals surface area contributed by atoms with Crippen LogP contribution >= 0.6 is 0 Å². The van der Waals surface area contributed by atoms with Crippen molar-refractivity contribution < 1.29 is 4.79 Å². The molecule has 1 aromatic heterocycles. The van der Waals surface area contributed by atoms with Crippen molar-refractivity contribution in [2.24, 2.45) is 0 Å². The summed E-state index contributed by atoms with van der Waals surface area (Å²) in [5.74, 6) is -0.388. The summed E-state index contributed by atoms with van der Waals surface area (Å²) in [6.45, 7) is 5.73. The second-order valence-corrected chi connectivity index (χ2v) is 5.77. The van der Waals surface area contributed by atoms with Crippen LogP contribution in [0.1, 0.15) is 27.0 Å². The Labute approximate surface area is 134 Å². The molecule has 4 nitrogen and oxygen atoms in total. The fourth-order valence-corrected chi connectivity index (χ4v) is 2.82. The number of carbonyl (C=O) groups is 1. The highest BCUT2D eigenvalue weighted by Gasteiger charge is 2.17. The van der Waals surface area contributed by atoms with Gasteiger partial charge in [-0.05, 0) is 44.0 Å². The van der Waals surface area contributed by atoms with Crippen molar-refractivity contribution in [2.75, 3.05) is 5.32 Å². The van der Waals surface area contributed by atoms with Crippen molar-refractivity contribution in [1.82, 2.24) is 4.98 Å². The van der Waals surface area contributed by atoms with Crippen LogP contribution in [-0.2, 0) is 0 Å². The number of rotatable bonds is 2. The highest BCUT2D eigenvalue weighted by Crippen LogP contribution is 2.20. The zero-order valence-electron chi connectivity index (χ0n) is 13.4. The van der Waals surface area contributed by atoms with Gasteiger partial charge in [-0.25, -0.2) is 0 Å². The average Bonchev–Trinajstić information content (AvgIpc) is 2.50. The molecule has 0 aliphatic carbocycles. The number of anilines is 1. The first-order chi connectivity index (χ1) is 11.0. The Hall–Kier alpha value is -2.88. The molecule has 23 heavy (non-hydrogen) atoms. The third kappa shape index (κ3) is 2.75. The molecule has 0 saturated heterocycles. The van der Waals surface area contributed by atoms with Crippen molar-refractivity contribution in [3.63, 3.8) is 0 Å². The van der Waals surface area contributed by atoms with E-state index in [0.717, 1.165) is 22.0 Å². The van der Waals surface area contributed by atoms with Crippen LogP contribution in [0.3, 0.4) is 0 Å². The molecule has 0 spiro atoms. The maximum atomic E-state index is 12.6. The van der Waals surface area contributed by atoms with Crippen LogP contribution in [0, 0.1) is 20.8 Å². The number of aryl methyl sites for hydroxylation is 3. The van der Waals surface area contributed by atoms with E-state index in [1.54, 1.807) is 6.92 Å². The molecule has 0 aliphatic heterocycles. The van der Waals surface area contributed by atoms with Gasteiger partial charge in [0.2, 0.25) is 0 Å². The Bertz CT molecular complexity index is 971. The number of nitrogens with one attached hydrogen (secondary N) is 2. The molecule has 2 aromatic carbocycles. The first-order valence-electron chi connectivity index (χ1n) is 7.47. The largest absolute Gasteiger partial charge is 0.322 e. The third-order valence-corrected chi connectivity index (χ3v) is 4.04. The minimum Gasteiger partial charge on any atom is -0.322 e. The number of hydrogen-bond donors (Lipinski definition) is 2. The molecule has 4 heteroatoms. The molecule has 116 valence electrons. The number of aromatic nitrogens is 1. The number of para-hydroxylation sites is 1. The predicted molar refractivity (Wildman–Crippen MR) is 93.2 cm³/mol. The third-order valence-electron chi connectivity index (χ3n) is 4.04. The number of carbonyl (C=O) groups excluding carboxylic acids is 1. The zero-order valence-corrected chi connectivity index (χ0v) is 13.4. The normalized spacial score (nSPS) is 10.7. The number of fused-ring (bicyclic) bond motifs is 1. The summed E-state index contributed by atoms with van der Waals surface area (Å²) < 4.78 is 0. The molecule has 0 aliphatic rings. The smallest absolute Gasteiger partial charge is 0.261 e. The lowest BCUT2D eigenvalue weighted by Gasteiger charge is -2.11. The topological polar surface area (TPSA) is 62.0 Å². The van der Waals surface area contributed by atoms with Crippen molar-refractivity contribution >= 4 is 22.5 Å². The first-order valence-corrected chi connectivity index (χ1v) is 7.47. The van der Waals surface area contributed by atoms with Crippen LogP contribution < -0.4 is 10.9 Å². The van der Waals surface area contributed by atoms with Crippen molar-refractivity contribution in [2.45, 2.75) is 20.8 Å². The Morgan fingerprint density at radius 1 is 1.04 bits per heavy atom. The Balaban J connectivity index is 2.06. The molecule has 1 amide bonds. The van der Waals surface area contributed by atoms with E-state index in [4.69, 9.17) is 0 Å². The van der Waals surface area contributed by atoms with Gasteiger partial charge in [0.1, 0.15) is 5.56 Å². The van der Waals surface area contributed by atoms with Gasteiger partial charge in [-0.2, -0.15) is 0 Å². The highest BCUT2D eigenvalue weighted by molar-refractivity contribution is 6.07. The number of hydrogen-bond acceptors (Lipinski definition) is 2. The fraction of sp³-hybridized carbons (Fsp3) is 0.158. The monoisotopic (exact) mass is 306 g/mol. The Morgan fingerprint density at radius 3 is 2.52 bits per heavy atom. The van der Waals surface area contributed by atoms with Gasteiger partial charge in [-0.15, -0.1) is 0 Å². The van der Waals surface area contributed by atoms with Crippen LogP contribution in [0.4, 0.5) is 5.69 Å². The zero-order chi connectivity index (χ0) is 16.6. The molecule has 0 fully saturated rings. The van der Waals surface area contributed by atoms with Crippen LogP contribution in [0.2, 0.25) is 0 Å². The maximum Gasteiger partial charge on any atom is 0.261 e. The van der Waals surface area contributed by atoms with Crippen molar-refractivity contribution in [3.05, 3.63) is 75.1 Å². The SMILES string of the molecule is Cc1ccc(NC(=O)c2c(C)c3ccccc3[nH]c2=O)c(C)c1. The first kappa shape index (κ1) is 15.0. The highest BCUT2D eigenvalue weighted by atomic mass is 16.2. The number of benzene rings is 2. The van der Waals surface area contributed by atoms with E-state index in [2.05, 4.69) is 10.3 Å². The molecule has 2 N–H and O–H groups in total. The van der Waals surface area contributed by atoms with E-state index in [1.165, 1.54) is 0 Å². The summed E-state index contributed by atoms with van der Waals surface area (Å²) in [4.78, 5) is 27.7. The molecule has 0 saturated carbocycles. The van der Waals surface area contributed by atoms with Crippen LogP contribution in [0.25, 0.3) is 10.9 Å². The van der Waals surface area contributed by atoms with E-state index in [0.29, 0.717) is 11.3 Å². The molecule has 0 radical (unpaired) electrons. The van der Waals surface area contributed by atoms with Crippen LogP contribution in [0.5, 0.6) is 0 Å². The van der Waals surface area contributed by atoms with Gasteiger partial charge >= 0.3 is 0 Å². The standard InChI is InChI=1S/C19H18N2O2/c1-11-8-9-15(12(2)10-11)20-18(22)17-13(3)14-6-4-5-7-16(14)21-19(17)23/h4-10H,1-3H3,(H,20,22)(H,21,23). The molecule has 1 heterocycles. The van der Waals surface area contributed by atoms with Gasteiger partial charge in [-0.3, -0.25) is 9.59 Å². The summed E-state index contributed by atoms with van der Waals surface area (Å²) in [6, 6.07) is 13.2. The molecule has 0 atom stereocenters. The maximum absolute atomic E-state index is 12.6. The lowest BCUT2D eigenvalue weighted by molar-refractivity contribution is 0.102. The number of amides is 1. The summed E-state index contributed by atoms with van der Waals surface area (Å²) in [5.41, 5.74) is 4.01. The van der Waals surface area contributed by atoms with Gasteiger partial charge in [0.05, 0.1) is 0 Å². The van der Waals surface area contributed by atoms with Gasteiger partial charge in [-0.1, -0.05) is 35.9 Å². The summed E-state index contributed by atoms with van der Waals surface area (Å²) >= 11 is 0. The second-order valence-electron chi connectivity index (χ2n) is 5.77. The minimum absolute atomic E-state index is 0.156. The van der Waals surface area contributed by atoms with Crippen molar-refractivity contribution in [3.8, 4) is 0 Å². The van der Waals surface area contributed by atoms with Gasteiger partial charge < -0.3 is 10.3 Å². The minimum atomic E-state index is -0.388. The molecular formula is C19H18N2O2. The van der Waals surface area contributed by atoms with Crippen LogP contribution in [-0.4, -0.2) is 10.9 Å². The lowest BCUT2D eigenvalue weighted by Crippen LogP contribution is -2.25. The van der Waals surface area contributed by atoms with E-state index in [-0.39, 0.29) is 17.0 Å². The Kier molecular flexibility index (Phi) is 3.74. The molecule has 3 aromatic rings. The Morgan fingerprint density at radius 2 is 1.78 bits per heavy atom. The molecular weight excluding hydrogens is 288 g/mol. The number of aromatic amines is 1. The molecule has 0 unspecified atom stereocenters. The number of pyridine rings is 1. The fourth-order valence-electron chi connectivity index (χ4n) is 2.82. The summed E-state index contributed by atoms with van der Waals surface area (Å²) in [5, 5.41) is 3.71. The predicted octanol–water partition coefficient (Wildman–Crippen LogP) is 3.71. The van der Waals surface area contributed by atoms with Gasteiger partial charge in [0.15, 0.2) is 0 Å². The number of H-pyrrole nitrogens is 1. The van der Waals surface area contributed by atoms with Gasteiger partial charge in [0, 0.05) is 16.6 Å². The second kappa shape index (κ2) is 5.72. The molecule has 0 bridgehead atoms. The summed E-state index contributed by atoms with van der Waals surface area (Å²) in [6.07, 6.45) is 0. The van der Waals surface area contributed by atoms with Gasteiger partial charge in [0.25, 0.3) is 11.5 Å². The van der Waals surface area contributed by atoms with E-state index >= 15 is 0 Å². The van der Waals surface area contributed by atoms with E-state index in [9.17, 15) is 9.59 Å². The molecule has 3 rings (SSSR count). The van der Waals surface area contributed by atoms with Crippen molar-refractivity contribution in [1.29, 1.82) is 0 Å². The average molecular weight is 306 g/mol. The van der Waals surface area contributed by atoms with E-state index in [1.807, 2.05) is 56.3 Å². The van der Waals surface area contributed by atoms with E-state index < -0.39 is 0 Å². The quantitative estimate of drug-likeness (QED) is 0.758. The summed E-state index contributed by atoms with van der Waals surface area (Å²) in [7, 11) is 0. The van der Waals surface area contributed by atoms with Crippen LogP contribution in [0.15, 0.2) is 47.3 Å². The lowest BCUT2D eigenvalue weighted by atomic mass is 10.0.